The van der Waals surface area contributed by atoms with E-state index in [0.29, 0.717) is 19.1 Å². The molecule has 6 nitrogen and oxygen atoms in total. The van der Waals surface area contributed by atoms with Gasteiger partial charge in [-0.05, 0) is 89.4 Å². The lowest BCUT2D eigenvalue weighted by Gasteiger charge is -2.22. The van der Waals surface area contributed by atoms with Gasteiger partial charge >= 0.3 is 6.09 Å². The molecule has 178 valence electrons. The van der Waals surface area contributed by atoms with E-state index in [2.05, 4.69) is 48.6 Å². The molecule has 0 spiro atoms. The van der Waals surface area contributed by atoms with Crippen LogP contribution in [-0.4, -0.2) is 60.6 Å². The van der Waals surface area contributed by atoms with Gasteiger partial charge in [-0.1, -0.05) is 18.2 Å². The van der Waals surface area contributed by atoms with Crippen molar-refractivity contribution in [2.45, 2.75) is 64.6 Å². The fourth-order valence-corrected chi connectivity index (χ4v) is 5.94. The Hall–Kier alpha value is -2.38. The van der Waals surface area contributed by atoms with Crippen LogP contribution < -0.4 is 5.32 Å². The van der Waals surface area contributed by atoms with Crippen molar-refractivity contribution in [2.75, 3.05) is 27.2 Å². The molecule has 1 aromatic heterocycles. The standard InChI is InChI=1S/C26H35N3O3S/c1-16-13-22(18-7-9-20-17(14-18)8-10-21(20)28(5)6)33-23(16)24(30)29-12-11-19(15-29)27-25(31)32-26(2,3)4/h7,9,13-14,19,21H,8,10-12,15H2,1-6H3,(H,27,31)/t19-,21?/m0/s1. The molecule has 7 heteroatoms. The van der Waals surface area contributed by atoms with Gasteiger partial charge in [0.1, 0.15) is 5.60 Å². The van der Waals surface area contributed by atoms with Gasteiger partial charge in [0.25, 0.3) is 5.91 Å². The molecule has 2 aliphatic rings. The highest BCUT2D eigenvalue weighted by Crippen LogP contribution is 2.39. The predicted molar refractivity (Wildman–Crippen MR) is 133 cm³/mol. The normalized spacial score (nSPS) is 20.3. The van der Waals surface area contributed by atoms with Gasteiger partial charge in [-0.15, -0.1) is 11.3 Å². The number of likely N-dealkylation sites (tertiary alicyclic amines) is 1. The van der Waals surface area contributed by atoms with E-state index >= 15 is 0 Å². The first-order valence-electron chi connectivity index (χ1n) is 11.7. The third kappa shape index (κ3) is 5.25. The first kappa shape index (κ1) is 23.8. The Morgan fingerprint density at radius 3 is 2.64 bits per heavy atom. The fourth-order valence-electron chi connectivity index (χ4n) is 4.80. The number of thiophene rings is 1. The summed E-state index contributed by atoms with van der Waals surface area (Å²) in [7, 11) is 4.28. The molecule has 1 aliphatic heterocycles. The van der Waals surface area contributed by atoms with E-state index in [1.54, 1.807) is 11.3 Å². The molecule has 2 atom stereocenters. The summed E-state index contributed by atoms with van der Waals surface area (Å²) in [5.74, 6) is 0.0473. The zero-order valence-electron chi connectivity index (χ0n) is 20.5. The number of hydrogen-bond acceptors (Lipinski definition) is 5. The van der Waals surface area contributed by atoms with Gasteiger partial charge in [0.05, 0.1) is 10.9 Å². The number of fused-ring (bicyclic) bond motifs is 1. The molecule has 0 bridgehead atoms. The summed E-state index contributed by atoms with van der Waals surface area (Å²) in [6, 6.07) is 9.29. The van der Waals surface area contributed by atoms with Crippen molar-refractivity contribution in [3.63, 3.8) is 0 Å². The summed E-state index contributed by atoms with van der Waals surface area (Å²) >= 11 is 1.57. The van der Waals surface area contributed by atoms with Crippen LogP contribution >= 0.6 is 11.3 Å². The minimum absolute atomic E-state index is 0.0473. The van der Waals surface area contributed by atoms with Gasteiger partial charge in [0, 0.05) is 24.0 Å². The fraction of sp³-hybridized carbons (Fsp3) is 0.538. The van der Waals surface area contributed by atoms with Crippen LogP contribution in [0.25, 0.3) is 10.4 Å². The number of carbonyl (C=O) groups excluding carboxylic acids is 2. The number of rotatable bonds is 4. The van der Waals surface area contributed by atoms with Crippen molar-refractivity contribution in [1.82, 2.24) is 15.1 Å². The van der Waals surface area contributed by atoms with E-state index in [-0.39, 0.29) is 11.9 Å². The van der Waals surface area contributed by atoms with Crippen molar-refractivity contribution in [3.8, 4) is 10.4 Å². The number of nitrogens with one attached hydrogen (secondary N) is 1. The lowest BCUT2D eigenvalue weighted by atomic mass is 10.0. The van der Waals surface area contributed by atoms with Gasteiger partial charge in [0.2, 0.25) is 0 Å². The van der Waals surface area contributed by atoms with Gasteiger partial charge in [-0.2, -0.15) is 0 Å². The number of alkyl carbamates (subject to hydrolysis) is 1. The Bertz CT molecular complexity index is 1050. The van der Waals surface area contributed by atoms with Crippen molar-refractivity contribution < 1.29 is 14.3 Å². The molecule has 0 saturated carbocycles. The third-order valence-electron chi connectivity index (χ3n) is 6.41. The molecule has 33 heavy (non-hydrogen) atoms. The summed E-state index contributed by atoms with van der Waals surface area (Å²) in [5, 5.41) is 2.90. The number of ether oxygens (including phenoxy) is 1. The number of aryl methyl sites for hydroxylation is 2. The first-order chi connectivity index (χ1) is 15.5. The van der Waals surface area contributed by atoms with Crippen molar-refractivity contribution in [1.29, 1.82) is 0 Å². The lowest BCUT2D eigenvalue weighted by Crippen LogP contribution is -2.41. The molecule has 1 unspecified atom stereocenters. The zero-order valence-corrected chi connectivity index (χ0v) is 21.3. The summed E-state index contributed by atoms with van der Waals surface area (Å²) < 4.78 is 5.35. The molecular formula is C26H35N3O3S. The first-order valence-corrected chi connectivity index (χ1v) is 12.5. The minimum atomic E-state index is -0.534. The molecule has 1 fully saturated rings. The molecule has 1 aromatic carbocycles. The lowest BCUT2D eigenvalue weighted by molar-refractivity contribution is 0.0502. The Labute approximate surface area is 200 Å². The van der Waals surface area contributed by atoms with Crippen molar-refractivity contribution in [3.05, 3.63) is 45.8 Å². The smallest absolute Gasteiger partial charge is 0.407 e. The predicted octanol–water partition coefficient (Wildman–Crippen LogP) is 5.01. The molecule has 2 heterocycles. The van der Waals surface area contributed by atoms with Crippen molar-refractivity contribution >= 4 is 23.3 Å². The van der Waals surface area contributed by atoms with Crippen LogP contribution in [-0.2, 0) is 11.2 Å². The van der Waals surface area contributed by atoms with Crippen LogP contribution in [0, 0.1) is 6.92 Å². The summed E-state index contributed by atoms with van der Waals surface area (Å²) in [6.45, 7) is 8.68. The number of benzene rings is 1. The molecule has 4 rings (SSSR count). The third-order valence-corrected chi connectivity index (χ3v) is 7.68. The van der Waals surface area contributed by atoms with Gasteiger partial charge in [-0.3, -0.25) is 4.79 Å². The number of carbonyl (C=O) groups is 2. The molecule has 1 saturated heterocycles. The van der Waals surface area contributed by atoms with E-state index in [0.717, 1.165) is 34.6 Å². The topological polar surface area (TPSA) is 61.9 Å². The van der Waals surface area contributed by atoms with Crippen LogP contribution in [0.2, 0.25) is 0 Å². The van der Waals surface area contributed by atoms with Crippen molar-refractivity contribution in [2.24, 2.45) is 0 Å². The molecule has 2 aromatic rings. The maximum atomic E-state index is 13.3. The highest BCUT2D eigenvalue weighted by molar-refractivity contribution is 7.17. The highest BCUT2D eigenvalue weighted by Gasteiger charge is 2.31. The molecule has 1 aliphatic carbocycles. The van der Waals surface area contributed by atoms with E-state index in [4.69, 9.17) is 4.74 Å². The average Bonchev–Trinajstić information content (AvgIpc) is 3.43. The van der Waals surface area contributed by atoms with Crippen LogP contribution in [0.1, 0.15) is 66.0 Å². The second-order valence-electron chi connectivity index (χ2n) is 10.4. The Kier molecular flexibility index (Phi) is 6.56. The molecule has 2 amide bonds. The summed E-state index contributed by atoms with van der Waals surface area (Å²) in [5.41, 5.74) is 4.50. The van der Waals surface area contributed by atoms with Gasteiger partial charge < -0.3 is 19.9 Å². The Morgan fingerprint density at radius 1 is 1.18 bits per heavy atom. The second kappa shape index (κ2) is 9.11. The van der Waals surface area contributed by atoms with E-state index in [9.17, 15) is 9.59 Å². The maximum absolute atomic E-state index is 13.3. The zero-order chi connectivity index (χ0) is 23.9. The number of nitrogens with zero attached hydrogens (tertiary/aromatic N) is 2. The number of hydrogen-bond donors (Lipinski definition) is 1. The highest BCUT2D eigenvalue weighted by atomic mass is 32.1. The largest absolute Gasteiger partial charge is 0.444 e. The quantitative estimate of drug-likeness (QED) is 0.684. The van der Waals surface area contributed by atoms with E-state index < -0.39 is 11.7 Å². The van der Waals surface area contributed by atoms with Crippen LogP contribution in [0.3, 0.4) is 0 Å². The molecular weight excluding hydrogens is 434 g/mol. The Morgan fingerprint density at radius 2 is 1.94 bits per heavy atom. The summed E-state index contributed by atoms with van der Waals surface area (Å²) in [4.78, 5) is 31.4. The van der Waals surface area contributed by atoms with Gasteiger partial charge in [0.15, 0.2) is 0 Å². The van der Waals surface area contributed by atoms with Crippen LogP contribution in [0.15, 0.2) is 24.3 Å². The molecule has 0 radical (unpaired) electrons. The molecule has 1 N–H and O–H groups in total. The summed E-state index contributed by atoms with van der Waals surface area (Å²) in [6.07, 6.45) is 2.57. The average molecular weight is 470 g/mol. The number of amides is 2. The second-order valence-corrected chi connectivity index (χ2v) is 11.5. The SMILES string of the molecule is Cc1cc(-c2ccc3c(c2)CCC3N(C)C)sc1C(=O)N1CC[C@H](NC(=O)OC(C)(C)C)C1. The van der Waals surface area contributed by atoms with Gasteiger partial charge in [-0.25, -0.2) is 4.79 Å². The van der Waals surface area contributed by atoms with E-state index in [1.165, 1.54) is 16.7 Å². The maximum Gasteiger partial charge on any atom is 0.407 e. The van der Waals surface area contributed by atoms with Crippen LogP contribution in [0.5, 0.6) is 0 Å². The minimum Gasteiger partial charge on any atom is -0.444 e. The Balaban J connectivity index is 1.44. The van der Waals surface area contributed by atoms with Crippen LogP contribution in [0.4, 0.5) is 4.79 Å². The van der Waals surface area contributed by atoms with E-state index in [1.807, 2.05) is 32.6 Å². The monoisotopic (exact) mass is 469 g/mol.